The minimum absolute atomic E-state index is 0.113. The number of phenols is 2. The van der Waals surface area contributed by atoms with Crippen LogP contribution in [0.2, 0.25) is 0 Å². The lowest BCUT2D eigenvalue weighted by Crippen LogP contribution is -2.23. The number of aromatic hydroxyl groups is 2. The second kappa shape index (κ2) is 7.90. The molecule has 4 rings (SSSR count). The monoisotopic (exact) mass is 386 g/mol. The molecule has 0 radical (unpaired) electrons. The summed E-state index contributed by atoms with van der Waals surface area (Å²) in [5.41, 5.74) is 2.89. The number of carbonyl (C=O) groups excluding carboxylic acids is 1. The predicted octanol–water partition coefficient (Wildman–Crippen LogP) is 4.35. The summed E-state index contributed by atoms with van der Waals surface area (Å²) in [5, 5.41) is 26.1. The number of hydrogen-bond donors (Lipinski definition) is 3. The molecule has 0 fully saturated rings. The highest BCUT2D eigenvalue weighted by molar-refractivity contribution is 6.04. The maximum Gasteiger partial charge on any atom is 0.257 e. The summed E-state index contributed by atoms with van der Waals surface area (Å²) in [6.45, 7) is 0.356. The summed E-state index contributed by atoms with van der Waals surface area (Å²) in [7, 11) is 0. The first-order valence-electron chi connectivity index (χ1n) is 9.02. The van der Waals surface area contributed by atoms with Crippen LogP contribution in [0.25, 0.3) is 22.6 Å². The fourth-order valence-electron chi connectivity index (χ4n) is 2.99. The molecule has 1 heterocycles. The molecule has 29 heavy (non-hydrogen) atoms. The Labute approximate surface area is 167 Å². The standard InChI is InChI=1S/C23H18N2O4/c26-18-10-6-16(7-11-18)21-20(23(28)24-14-15-4-2-1-3-5-15)22(29-25-21)17-8-12-19(27)13-9-17/h1-13,26-27H,14H2,(H,24,28). The van der Waals surface area contributed by atoms with Crippen LogP contribution in [0.3, 0.4) is 0 Å². The number of aromatic nitrogens is 1. The zero-order chi connectivity index (χ0) is 20.2. The Hall–Kier alpha value is -4.06. The maximum atomic E-state index is 13.1. The highest BCUT2D eigenvalue weighted by atomic mass is 16.5. The van der Waals surface area contributed by atoms with E-state index in [2.05, 4.69) is 10.5 Å². The van der Waals surface area contributed by atoms with E-state index in [1.54, 1.807) is 24.3 Å². The van der Waals surface area contributed by atoms with Gasteiger partial charge in [0.1, 0.15) is 22.8 Å². The summed E-state index contributed by atoms with van der Waals surface area (Å²) in [6.07, 6.45) is 0. The quantitative estimate of drug-likeness (QED) is 0.474. The number of rotatable bonds is 5. The van der Waals surface area contributed by atoms with Crippen LogP contribution in [0.15, 0.2) is 83.4 Å². The SMILES string of the molecule is O=C(NCc1ccccc1)c1c(-c2ccc(O)cc2)noc1-c1ccc(O)cc1. The molecule has 1 aromatic heterocycles. The van der Waals surface area contributed by atoms with Crippen molar-refractivity contribution in [3.05, 3.63) is 90.0 Å². The molecule has 0 spiro atoms. The van der Waals surface area contributed by atoms with Gasteiger partial charge >= 0.3 is 0 Å². The first kappa shape index (κ1) is 18.3. The lowest BCUT2D eigenvalue weighted by atomic mass is 10.0. The molecule has 6 heteroatoms. The normalized spacial score (nSPS) is 10.6. The molecule has 0 saturated heterocycles. The van der Waals surface area contributed by atoms with Gasteiger partial charge in [0.15, 0.2) is 5.76 Å². The third-order valence-electron chi connectivity index (χ3n) is 4.49. The van der Waals surface area contributed by atoms with Gasteiger partial charge in [0.2, 0.25) is 0 Å². The Morgan fingerprint density at radius 3 is 2.03 bits per heavy atom. The van der Waals surface area contributed by atoms with E-state index in [4.69, 9.17) is 4.52 Å². The van der Waals surface area contributed by atoms with Gasteiger partial charge < -0.3 is 20.1 Å². The van der Waals surface area contributed by atoms with E-state index in [9.17, 15) is 15.0 Å². The van der Waals surface area contributed by atoms with Crippen LogP contribution >= 0.6 is 0 Å². The number of benzene rings is 3. The Morgan fingerprint density at radius 2 is 1.41 bits per heavy atom. The Kier molecular flexibility index (Phi) is 4.99. The molecule has 4 aromatic rings. The van der Waals surface area contributed by atoms with E-state index >= 15 is 0 Å². The molecular weight excluding hydrogens is 368 g/mol. The smallest absolute Gasteiger partial charge is 0.257 e. The Morgan fingerprint density at radius 1 is 0.828 bits per heavy atom. The molecule has 1 amide bonds. The van der Waals surface area contributed by atoms with Crippen molar-refractivity contribution in [3.63, 3.8) is 0 Å². The average Bonchev–Trinajstić information content (AvgIpc) is 3.19. The minimum Gasteiger partial charge on any atom is -0.508 e. The molecule has 0 aliphatic rings. The molecule has 0 unspecified atom stereocenters. The van der Waals surface area contributed by atoms with Crippen molar-refractivity contribution in [1.82, 2.24) is 10.5 Å². The number of nitrogens with one attached hydrogen (secondary N) is 1. The second-order valence-electron chi connectivity index (χ2n) is 6.50. The highest BCUT2D eigenvalue weighted by Gasteiger charge is 2.25. The summed E-state index contributed by atoms with van der Waals surface area (Å²) in [6, 6.07) is 22.3. The van der Waals surface area contributed by atoms with E-state index < -0.39 is 0 Å². The van der Waals surface area contributed by atoms with Crippen molar-refractivity contribution < 1.29 is 19.5 Å². The van der Waals surface area contributed by atoms with Crippen molar-refractivity contribution >= 4 is 5.91 Å². The molecule has 0 aliphatic heterocycles. The molecule has 0 bridgehead atoms. The predicted molar refractivity (Wildman–Crippen MR) is 108 cm³/mol. The Balaban J connectivity index is 1.73. The zero-order valence-electron chi connectivity index (χ0n) is 15.4. The number of hydrogen-bond acceptors (Lipinski definition) is 5. The highest BCUT2D eigenvalue weighted by Crippen LogP contribution is 2.33. The van der Waals surface area contributed by atoms with Crippen molar-refractivity contribution in [3.8, 4) is 34.1 Å². The van der Waals surface area contributed by atoms with E-state index in [0.717, 1.165) is 5.56 Å². The van der Waals surface area contributed by atoms with Crippen molar-refractivity contribution in [2.75, 3.05) is 0 Å². The second-order valence-corrected chi connectivity index (χ2v) is 6.50. The number of amides is 1. The maximum absolute atomic E-state index is 13.1. The molecule has 0 aliphatic carbocycles. The summed E-state index contributed by atoms with van der Waals surface area (Å²) in [4.78, 5) is 13.1. The Bertz CT molecular complexity index is 1060. The summed E-state index contributed by atoms with van der Waals surface area (Å²) in [5.74, 6) is 0.202. The molecule has 0 atom stereocenters. The topological polar surface area (TPSA) is 95.6 Å². The molecule has 3 aromatic carbocycles. The number of phenolic OH excluding ortho intramolecular Hbond substituents is 2. The van der Waals surface area contributed by atoms with E-state index in [-0.39, 0.29) is 23.0 Å². The van der Waals surface area contributed by atoms with E-state index in [0.29, 0.717) is 29.1 Å². The van der Waals surface area contributed by atoms with Crippen molar-refractivity contribution in [1.29, 1.82) is 0 Å². The van der Waals surface area contributed by atoms with Gasteiger partial charge in [-0.05, 0) is 54.1 Å². The number of nitrogens with zero attached hydrogens (tertiary/aromatic N) is 1. The van der Waals surface area contributed by atoms with Gasteiger partial charge in [0, 0.05) is 17.7 Å². The molecular formula is C23H18N2O4. The third kappa shape index (κ3) is 3.96. The van der Waals surface area contributed by atoms with Crippen LogP contribution in [0.5, 0.6) is 11.5 Å². The first-order valence-corrected chi connectivity index (χ1v) is 9.02. The molecule has 3 N–H and O–H groups in total. The van der Waals surface area contributed by atoms with Crippen LogP contribution in [0.4, 0.5) is 0 Å². The first-order chi connectivity index (χ1) is 14.1. The molecule has 0 saturated carbocycles. The van der Waals surface area contributed by atoms with Crippen LogP contribution in [-0.4, -0.2) is 21.3 Å². The van der Waals surface area contributed by atoms with Gasteiger partial charge in [0.05, 0.1) is 0 Å². The zero-order valence-corrected chi connectivity index (χ0v) is 15.4. The third-order valence-corrected chi connectivity index (χ3v) is 4.49. The minimum atomic E-state index is -0.332. The fraction of sp³-hybridized carbons (Fsp3) is 0.0435. The van der Waals surface area contributed by atoms with Gasteiger partial charge in [-0.25, -0.2) is 0 Å². The summed E-state index contributed by atoms with van der Waals surface area (Å²) >= 11 is 0. The van der Waals surface area contributed by atoms with Crippen LogP contribution in [0.1, 0.15) is 15.9 Å². The van der Waals surface area contributed by atoms with Crippen molar-refractivity contribution in [2.45, 2.75) is 6.54 Å². The van der Waals surface area contributed by atoms with Gasteiger partial charge in [-0.1, -0.05) is 35.5 Å². The largest absolute Gasteiger partial charge is 0.508 e. The fourth-order valence-corrected chi connectivity index (χ4v) is 2.99. The van der Waals surface area contributed by atoms with Gasteiger partial charge in [-0.2, -0.15) is 0 Å². The lowest BCUT2D eigenvalue weighted by Gasteiger charge is -2.07. The van der Waals surface area contributed by atoms with E-state index in [1.807, 2.05) is 30.3 Å². The lowest BCUT2D eigenvalue weighted by molar-refractivity contribution is 0.0951. The van der Waals surface area contributed by atoms with E-state index in [1.165, 1.54) is 24.3 Å². The molecule has 6 nitrogen and oxygen atoms in total. The van der Waals surface area contributed by atoms with Gasteiger partial charge in [-0.3, -0.25) is 4.79 Å². The van der Waals surface area contributed by atoms with Gasteiger partial charge in [-0.15, -0.1) is 0 Å². The summed E-state index contributed by atoms with van der Waals surface area (Å²) < 4.78 is 5.52. The molecule has 144 valence electrons. The van der Waals surface area contributed by atoms with Crippen LogP contribution in [-0.2, 0) is 6.54 Å². The van der Waals surface area contributed by atoms with Crippen LogP contribution in [0, 0.1) is 0 Å². The van der Waals surface area contributed by atoms with Crippen LogP contribution < -0.4 is 5.32 Å². The average molecular weight is 386 g/mol. The van der Waals surface area contributed by atoms with Crippen molar-refractivity contribution in [2.24, 2.45) is 0 Å². The van der Waals surface area contributed by atoms with Gasteiger partial charge in [0.25, 0.3) is 5.91 Å². The number of carbonyl (C=O) groups is 1.